The van der Waals surface area contributed by atoms with Crippen LogP contribution in [0, 0.1) is 5.82 Å². The molecule has 0 saturated carbocycles. The van der Waals surface area contributed by atoms with Crippen molar-refractivity contribution in [2.45, 2.75) is 6.54 Å². The fraction of sp³-hybridized carbons (Fsp3) is 0.100. The van der Waals surface area contributed by atoms with E-state index in [1.165, 1.54) is 16.9 Å². The highest BCUT2D eigenvalue weighted by Gasteiger charge is 2.08. The van der Waals surface area contributed by atoms with Gasteiger partial charge in [-0.25, -0.2) is 9.07 Å². The van der Waals surface area contributed by atoms with Crippen molar-refractivity contribution in [1.82, 2.24) is 9.78 Å². The minimum absolute atomic E-state index is 0.224. The number of benzene rings is 1. The standard InChI is InChI=1S/C10H8Cl2FN3/c11-7-2-1-6(9(13)3-7)5-16-10(14)8(12)4-15-16/h1-4H,5,14H2. The van der Waals surface area contributed by atoms with Gasteiger partial charge in [0.25, 0.3) is 0 Å². The molecule has 0 aliphatic rings. The summed E-state index contributed by atoms with van der Waals surface area (Å²) in [6, 6.07) is 4.45. The van der Waals surface area contributed by atoms with Crippen molar-refractivity contribution in [3.8, 4) is 0 Å². The summed E-state index contributed by atoms with van der Waals surface area (Å²) in [5, 5.41) is 4.64. The quantitative estimate of drug-likeness (QED) is 0.902. The van der Waals surface area contributed by atoms with Crippen LogP contribution in [0.3, 0.4) is 0 Å². The third-order valence-electron chi connectivity index (χ3n) is 2.17. The van der Waals surface area contributed by atoms with E-state index < -0.39 is 5.82 Å². The first-order valence-electron chi connectivity index (χ1n) is 4.48. The highest BCUT2D eigenvalue weighted by molar-refractivity contribution is 6.32. The van der Waals surface area contributed by atoms with Crippen LogP contribution in [0.4, 0.5) is 10.2 Å². The van der Waals surface area contributed by atoms with E-state index in [1.807, 2.05) is 0 Å². The molecular weight excluding hydrogens is 252 g/mol. The van der Waals surface area contributed by atoms with E-state index in [2.05, 4.69) is 5.10 Å². The van der Waals surface area contributed by atoms with Gasteiger partial charge in [-0.3, -0.25) is 0 Å². The SMILES string of the molecule is Nc1c(Cl)cnn1Cc1ccc(Cl)cc1F. The lowest BCUT2D eigenvalue weighted by atomic mass is 10.2. The summed E-state index contributed by atoms with van der Waals surface area (Å²) in [6.45, 7) is 0.224. The Balaban J connectivity index is 2.30. The molecule has 0 atom stereocenters. The number of nitrogen functional groups attached to an aromatic ring is 1. The Labute approximate surface area is 102 Å². The van der Waals surface area contributed by atoms with Crippen LogP contribution < -0.4 is 5.73 Å². The van der Waals surface area contributed by atoms with Crippen molar-refractivity contribution in [1.29, 1.82) is 0 Å². The van der Waals surface area contributed by atoms with Gasteiger partial charge < -0.3 is 5.73 Å². The number of hydrogen-bond donors (Lipinski definition) is 1. The Morgan fingerprint density at radius 3 is 2.69 bits per heavy atom. The first-order chi connectivity index (χ1) is 7.58. The first-order valence-corrected chi connectivity index (χ1v) is 5.24. The van der Waals surface area contributed by atoms with Crippen molar-refractivity contribution < 1.29 is 4.39 Å². The third kappa shape index (κ3) is 2.13. The maximum Gasteiger partial charge on any atom is 0.140 e. The molecule has 1 aromatic carbocycles. The fourth-order valence-electron chi connectivity index (χ4n) is 1.31. The second-order valence-electron chi connectivity index (χ2n) is 3.27. The summed E-state index contributed by atoms with van der Waals surface area (Å²) in [5.41, 5.74) is 6.10. The monoisotopic (exact) mass is 259 g/mol. The Morgan fingerprint density at radius 1 is 1.38 bits per heavy atom. The summed E-state index contributed by atoms with van der Waals surface area (Å²) in [5.74, 6) is -0.0745. The number of anilines is 1. The fourth-order valence-corrected chi connectivity index (χ4v) is 1.61. The molecule has 0 radical (unpaired) electrons. The molecule has 2 rings (SSSR count). The highest BCUT2D eigenvalue weighted by atomic mass is 35.5. The Hall–Kier alpha value is -1.26. The average molecular weight is 260 g/mol. The Bertz CT molecular complexity index is 525. The molecule has 0 aliphatic heterocycles. The van der Waals surface area contributed by atoms with Crippen molar-refractivity contribution in [2.75, 3.05) is 5.73 Å². The van der Waals surface area contributed by atoms with Crippen LogP contribution >= 0.6 is 23.2 Å². The first kappa shape index (κ1) is 11.2. The maximum atomic E-state index is 13.5. The lowest BCUT2D eigenvalue weighted by molar-refractivity contribution is 0.588. The molecule has 1 aromatic heterocycles. The maximum absolute atomic E-state index is 13.5. The van der Waals surface area contributed by atoms with Gasteiger partial charge in [-0.1, -0.05) is 29.3 Å². The second kappa shape index (κ2) is 4.31. The Morgan fingerprint density at radius 2 is 2.12 bits per heavy atom. The van der Waals surface area contributed by atoms with Gasteiger partial charge in [-0.15, -0.1) is 0 Å². The molecule has 0 saturated heterocycles. The number of halogens is 3. The summed E-state index contributed by atoms with van der Waals surface area (Å²) in [7, 11) is 0. The molecule has 6 heteroatoms. The van der Waals surface area contributed by atoms with Crippen LogP contribution in [0.15, 0.2) is 24.4 Å². The van der Waals surface area contributed by atoms with E-state index in [0.717, 1.165) is 0 Å². The van der Waals surface area contributed by atoms with Gasteiger partial charge in [0.2, 0.25) is 0 Å². The molecule has 0 fully saturated rings. The molecule has 0 amide bonds. The van der Waals surface area contributed by atoms with Crippen molar-refractivity contribution in [3.05, 3.63) is 45.8 Å². The Kier molecular flexibility index (Phi) is 3.03. The summed E-state index contributed by atoms with van der Waals surface area (Å²) in [4.78, 5) is 0. The van der Waals surface area contributed by atoms with Crippen molar-refractivity contribution in [2.24, 2.45) is 0 Å². The molecule has 84 valence electrons. The van der Waals surface area contributed by atoms with Crippen LogP contribution in [-0.4, -0.2) is 9.78 Å². The van der Waals surface area contributed by atoms with E-state index >= 15 is 0 Å². The molecular formula is C10H8Cl2FN3. The van der Waals surface area contributed by atoms with Crippen LogP contribution in [0.2, 0.25) is 10.0 Å². The van der Waals surface area contributed by atoms with Gasteiger partial charge >= 0.3 is 0 Å². The van der Waals surface area contributed by atoms with Gasteiger partial charge in [-0.05, 0) is 12.1 Å². The van der Waals surface area contributed by atoms with E-state index in [-0.39, 0.29) is 6.54 Å². The van der Waals surface area contributed by atoms with Gasteiger partial charge in [0.05, 0.1) is 12.7 Å². The third-order valence-corrected chi connectivity index (χ3v) is 2.69. The normalized spacial score (nSPS) is 10.7. The highest BCUT2D eigenvalue weighted by Crippen LogP contribution is 2.20. The number of hydrogen-bond acceptors (Lipinski definition) is 2. The molecule has 16 heavy (non-hydrogen) atoms. The topological polar surface area (TPSA) is 43.8 Å². The molecule has 0 bridgehead atoms. The molecule has 0 aliphatic carbocycles. The smallest absolute Gasteiger partial charge is 0.140 e. The number of nitrogens with zero attached hydrogens (tertiary/aromatic N) is 2. The zero-order chi connectivity index (χ0) is 11.7. The van der Waals surface area contributed by atoms with Gasteiger partial charge in [0, 0.05) is 10.6 Å². The van der Waals surface area contributed by atoms with E-state index in [0.29, 0.717) is 21.4 Å². The van der Waals surface area contributed by atoms with E-state index in [1.54, 1.807) is 12.1 Å². The predicted octanol–water partition coefficient (Wildman–Crippen LogP) is 2.96. The zero-order valence-corrected chi connectivity index (χ0v) is 9.63. The van der Waals surface area contributed by atoms with Gasteiger partial charge in [0.1, 0.15) is 16.7 Å². The molecule has 0 unspecified atom stereocenters. The molecule has 0 spiro atoms. The lowest BCUT2D eigenvalue weighted by Crippen LogP contribution is -2.07. The zero-order valence-electron chi connectivity index (χ0n) is 8.12. The predicted molar refractivity (Wildman–Crippen MR) is 62.2 cm³/mol. The summed E-state index contributed by atoms with van der Waals surface area (Å²) < 4.78 is 14.9. The van der Waals surface area contributed by atoms with E-state index in [9.17, 15) is 4.39 Å². The van der Waals surface area contributed by atoms with Crippen LogP contribution in [0.25, 0.3) is 0 Å². The summed E-state index contributed by atoms with van der Waals surface area (Å²) >= 11 is 11.4. The molecule has 2 N–H and O–H groups in total. The number of aromatic nitrogens is 2. The lowest BCUT2D eigenvalue weighted by Gasteiger charge is -2.05. The second-order valence-corrected chi connectivity index (χ2v) is 4.11. The van der Waals surface area contributed by atoms with Crippen LogP contribution in [0.1, 0.15) is 5.56 Å². The van der Waals surface area contributed by atoms with Crippen LogP contribution in [-0.2, 0) is 6.54 Å². The van der Waals surface area contributed by atoms with Crippen molar-refractivity contribution in [3.63, 3.8) is 0 Å². The van der Waals surface area contributed by atoms with Crippen LogP contribution in [0.5, 0.6) is 0 Å². The molecule has 3 nitrogen and oxygen atoms in total. The van der Waals surface area contributed by atoms with Gasteiger partial charge in [0.15, 0.2) is 0 Å². The average Bonchev–Trinajstić information content (AvgIpc) is 2.54. The van der Waals surface area contributed by atoms with Gasteiger partial charge in [-0.2, -0.15) is 5.10 Å². The molecule has 2 aromatic rings. The largest absolute Gasteiger partial charge is 0.383 e. The summed E-state index contributed by atoms with van der Waals surface area (Å²) in [6.07, 6.45) is 1.42. The molecule has 1 heterocycles. The number of nitrogens with two attached hydrogens (primary N) is 1. The van der Waals surface area contributed by atoms with E-state index in [4.69, 9.17) is 28.9 Å². The minimum Gasteiger partial charge on any atom is -0.383 e. The number of rotatable bonds is 2. The minimum atomic E-state index is -0.390. The van der Waals surface area contributed by atoms with Crippen molar-refractivity contribution >= 4 is 29.0 Å².